The molecule has 8 heteroatoms. The van der Waals surface area contributed by atoms with Crippen molar-refractivity contribution in [3.8, 4) is 22.6 Å². The first-order valence-electron chi connectivity index (χ1n) is 14.0. The lowest BCUT2D eigenvalue weighted by Gasteiger charge is -2.22. The van der Waals surface area contributed by atoms with Crippen LogP contribution in [0.1, 0.15) is 25.1 Å². The van der Waals surface area contributed by atoms with E-state index in [0.29, 0.717) is 12.5 Å². The van der Waals surface area contributed by atoms with Crippen LogP contribution >= 0.6 is 0 Å². The number of hydrogen-bond donors (Lipinski definition) is 3. The summed E-state index contributed by atoms with van der Waals surface area (Å²) < 4.78 is 11.5. The standard InChI is InChI=1S/C33H34N6O2/c1-4-34-33-38-29-10-8-24(17-30(29)39-33)23-9-11-31-25(15-23)14-21(2)22(12-13-41-31)16-27-19-32(36-20-35-27)37-26-6-5-7-28(18-26)40-3/h5-12,15,17-21H,4,13-14,16H2,1-3H3,(H2,34,38,39)(H,35,36,37). The van der Waals surface area contributed by atoms with Crippen LogP contribution in [0.15, 0.2) is 84.7 Å². The Bertz CT molecular complexity index is 1710. The molecule has 3 N–H and O–H groups in total. The first-order chi connectivity index (χ1) is 20.1. The quantitative estimate of drug-likeness (QED) is 0.181. The molecular formula is C33H34N6O2. The Kier molecular flexibility index (Phi) is 7.54. The summed E-state index contributed by atoms with van der Waals surface area (Å²) in [5, 5.41) is 6.61. The molecule has 0 amide bonds. The molecule has 3 heterocycles. The number of nitrogens with one attached hydrogen (secondary N) is 3. The lowest BCUT2D eigenvalue weighted by Crippen LogP contribution is -2.13. The van der Waals surface area contributed by atoms with Gasteiger partial charge in [-0.25, -0.2) is 15.0 Å². The van der Waals surface area contributed by atoms with E-state index in [1.54, 1.807) is 13.4 Å². The Balaban J connectivity index is 1.18. The lowest BCUT2D eigenvalue weighted by molar-refractivity contribution is 0.350. The molecule has 1 aliphatic heterocycles. The van der Waals surface area contributed by atoms with Gasteiger partial charge < -0.3 is 25.1 Å². The first kappa shape index (κ1) is 26.4. The van der Waals surface area contributed by atoms with Crippen LogP contribution in [-0.4, -0.2) is 40.2 Å². The zero-order valence-electron chi connectivity index (χ0n) is 23.6. The molecule has 5 aromatic rings. The fraction of sp³-hybridized carbons (Fsp3) is 0.242. The van der Waals surface area contributed by atoms with Crippen molar-refractivity contribution in [2.75, 3.05) is 30.9 Å². The van der Waals surface area contributed by atoms with Crippen LogP contribution in [0, 0.1) is 5.92 Å². The minimum atomic E-state index is 0.329. The summed E-state index contributed by atoms with van der Waals surface area (Å²) >= 11 is 0. The van der Waals surface area contributed by atoms with Gasteiger partial charge in [0.2, 0.25) is 5.95 Å². The number of methoxy groups -OCH3 is 1. The molecule has 0 saturated heterocycles. The predicted molar refractivity (Wildman–Crippen MR) is 164 cm³/mol. The number of allylic oxidation sites excluding steroid dienone is 1. The monoisotopic (exact) mass is 546 g/mol. The number of fused-ring (bicyclic) bond motifs is 2. The summed E-state index contributed by atoms with van der Waals surface area (Å²) in [4.78, 5) is 17.0. The third kappa shape index (κ3) is 6.01. The van der Waals surface area contributed by atoms with Crippen molar-refractivity contribution in [1.29, 1.82) is 0 Å². The van der Waals surface area contributed by atoms with Crippen molar-refractivity contribution in [1.82, 2.24) is 19.9 Å². The van der Waals surface area contributed by atoms with Crippen LogP contribution in [0.2, 0.25) is 0 Å². The summed E-state index contributed by atoms with van der Waals surface area (Å²) in [5.41, 5.74) is 8.68. The van der Waals surface area contributed by atoms with Gasteiger partial charge in [-0.15, -0.1) is 0 Å². The molecule has 0 bridgehead atoms. The SMILES string of the molecule is CCNc1nc2ccc(-c3ccc4c(c3)CC(C)C(Cc3cc(Nc5cccc(OC)c5)ncn3)=CCO4)cc2[nH]1. The van der Waals surface area contributed by atoms with Gasteiger partial charge in [-0.05, 0) is 78.4 Å². The fourth-order valence-electron chi connectivity index (χ4n) is 5.27. The largest absolute Gasteiger partial charge is 0.497 e. The minimum absolute atomic E-state index is 0.329. The van der Waals surface area contributed by atoms with Gasteiger partial charge in [-0.1, -0.05) is 30.7 Å². The minimum Gasteiger partial charge on any atom is -0.497 e. The molecule has 0 saturated carbocycles. The number of hydrogen-bond acceptors (Lipinski definition) is 7. The van der Waals surface area contributed by atoms with Crippen molar-refractivity contribution < 1.29 is 9.47 Å². The molecule has 1 aliphatic rings. The van der Waals surface area contributed by atoms with Crippen molar-refractivity contribution in [3.05, 3.63) is 96.0 Å². The van der Waals surface area contributed by atoms with Crippen LogP contribution in [-0.2, 0) is 12.8 Å². The lowest BCUT2D eigenvalue weighted by atomic mass is 9.88. The second-order valence-electron chi connectivity index (χ2n) is 10.3. The van der Waals surface area contributed by atoms with E-state index in [4.69, 9.17) is 9.47 Å². The van der Waals surface area contributed by atoms with E-state index in [1.165, 1.54) is 11.1 Å². The normalized spacial score (nSPS) is 14.8. The highest BCUT2D eigenvalue weighted by molar-refractivity contribution is 5.83. The molecule has 0 spiro atoms. The number of H-pyrrole nitrogens is 1. The van der Waals surface area contributed by atoms with E-state index < -0.39 is 0 Å². The summed E-state index contributed by atoms with van der Waals surface area (Å²) in [7, 11) is 1.66. The van der Waals surface area contributed by atoms with Crippen LogP contribution in [0.25, 0.3) is 22.2 Å². The topological polar surface area (TPSA) is 97.0 Å². The summed E-state index contributed by atoms with van der Waals surface area (Å²) in [6.45, 7) is 5.69. The molecular weight excluding hydrogens is 512 g/mol. The second-order valence-corrected chi connectivity index (χ2v) is 10.3. The summed E-state index contributed by atoms with van der Waals surface area (Å²) in [5.74, 6) is 3.61. The van der Waals surface area contributed by atoms with Crippen LogP contribution in [0.3, 0.4) is 0 Å². The molecule has 6 rings (SSSR count). The van der Waals surface area contributed by atoms with Crippen LogP contribution < -0.4 is 20.1 Å². The third-order valence-electron chi connectivity index (χ3n) is 7.41. The average Bonchev–Trinajstić information content (AvgIpc) is 3.38. The molecule has 41 heavy (non-hydrogen) atoms. The molecule has 1 atom stereocenters. The number of nitrogens with zero attached hydrogens (tertiary/aromatic N) is 3. The maximum absolute atomic E-state index is 6.20. The molecule has 0 aliphatic carbocycles. The van der Waals surface area contributed by atoms with E-state index >= 15 is 0 Å². The Morgan fingerprint density at radius 2 is 1.90 bits per heavy atom. The summed E-state index contributed by atoms with van der Waals surface area (Å²) in [6.07, 6.45) is 5.43. The Hall–Kier alpha value is -4.85. The molecule has 0 fully saturated rings. The number of imidazole rings is 1. The van der Waals surface area contributed by atoms with Gasteiger partial charge in [0.1, 0.15) is 30.3 Å². The zero-order valence-corrected chi connectivity index (χ0v) is 23.6. The van der Waals surface area contributed by atoms with Crippen molar-refractivity contribution >= 4 is 28.5 Å². The Morgan fingerprint density at radius 1 is 1.02 bits per heavy atom. The third-order valence-corrected chi connectivity index (χ3v) is 7.41. The first-order valence-corrected chi connectivity index (χ1v) is 14.0. The summed E-state index contributed by atoms with van der Waals surface area (Å²) in [6, 6.07) is 22.7. The molecule has 0 radical (unpaired) electrons. The van der Waals surface area contributed by atoms with E-state index in [1.807, 2.05) is 30.3 Å². The van der Waals surface area contributed by atoms with E-state index in [9.17, 15) is 0 Å². The van der Waals surface area contributed by atoms with Gasteiger partial charge in [0.05, 0.1) is 18.1 Å². The van der Waals surface area contributed by atoms with E-state index in [-0.39, 0.29) is 0 Å². The van der Waals surface area contributed by atoms with Crippen molar-refractivity contribution in [3.63, 3.8) is 0 Å². The molecule has 208 valence electrons. The highest BCUT2D eigenvalue weighted by Crippen LogP contribution is 2.33. The predicted octanol–water partition coefficient (Wildman–Crippen LogP) is 6.94. The molecule has 3 aromatic carbocycles. The van der Waals surface area contributed by atoms with Crippen LogP contribution in [0.4, 0.5) is 17.5 Å². The van der Waals surface area contributed by atoms with E-state index in [2.05, 4.69) is 86.9 Å². The number of benzene rings is 3. The fourth-order valence-corrected chi connectivity index (χ4v) is 5.27. The maximum Gasteiger partial charge on any atom is 0.201 e. The molecule has 2 aromatic heterocycles. The van der Waals surface area contributed by atoms with Gasteiger partial charge in [0.15, 0.2) is 0 Å². The highest BCUT2D eigenvalue weighted by atomic mass is 16.5. The molecule has 1 unspecified atom stereocenters. The van der Waals surface area contributed by atoms with Gasteiger partial charge >= 0.3 is 0 Å². The molecule has 8 nitrogen and oxygen atoms in total. The second kappa shape index (κ2) is 11.7. The van der Waals surface area contributed by atoms with Crippen LogP contribution in [0.5, 0.6) is 11.5 Å². The smallest absolute Gasteiger partial charge is 0.201 e. The average molecular weight is 547 g/mol. The van der Waals surface area contributed by atoms with Crippen molar-refractivity contribution in [2.24, 2.45) is 5.92 Å². The van der Waals surface area contributed by atoms with Gasteiger partial charge in [0, 0.05) is 36.5 Å². The number of ether oxygens (including phenoxy) is 2. The highest BCUT2D eigenvalue weighted by Gasteiger charge is 2.18. The van der Waals surface area contributed by atoms with Gasteiger partial charge in [-0.3, -0.25) is 0 Å². The maximum atomic E-state index is 6.20. The number of anilines is 3. The number of rotatable bonds is 8. The van der Waals surface area contributed by atoms with E-state index in [0.717, 1.165) is 76.2 Å². The number of aromatic amines is 1. The Labute approximate surface area is 239 Å². The number of aromatic nitrogens is 4. The van der Waals surface area contributed by atoms with Gasteiger partial charge in [0.25, 0.3) is 0 Å². The van der Waals surface area contributed by atoms with Crippen molar-refractivity contribution in [2.45, 2.75) is 26.7 Å². The Morgan fingerprint density at radius 3 is 2.78 bits per heavy atom. The zero-order chi connectivity index (χ0) is 28.2. The van der Waals surface area contributed by atoms with Gasteiger partial charge in [-0.2, -0.15) is 0 Å².